The molecule has 0 bridgehead atoms. The number of anilines is 1. The number of para-hydroxylation sites is 1. The van der Waals surface area contributed by atoms with Crippen molar-refractivity contribution in [2.45, 2.75) is 19.8 Å². The SMILES string of the molecule is Cc1ccc(C2CN(C(=O)c3cccs3)CC2C(=O)N2CCN(c3ccccc3C)CC2)cc1. The summed E-state index contributed by atoms with van der Waals surface area (Å²) in [4.78, 5) is 33.9. The van der Waals surface area contributed by atoms with E-state index in [1.807, 2.05) is 27.3 Å². The van der Waals surface area contributed by atoms with E-state index in [1.165, 1.54) is 28.2 Å². The van der Waals surface area contributed by atoms with Crippen molar-refractivity contribution in [1.82, 2.24) is 9.80 Å². The molecule has 2 aliphatic rings. The van der Waals surface area contributed by atoms with Gasteiger partial charge in [0.05, 0.1) is 10.8 Å². The first-order valence-corrected chi connectivity index (χ1v) is 12.9. The smallest absolute Gasteiger partial charge is 0.263 e. The Balaban J connectivity index is 1.33. The molecule has 1 aromatic heterocycles. The molecule has 2 aromatic carbocycles. The number of nitrogens with zero attached hydrogens (tertiary/aromatic N) is 3. The number of carbonyl (C=O) groups excluding carboxylic acids is 2. The van der Waals surface area contributed by atoms with Crippen LogP contribution in [0.25, 0.3) is 0 Å². The molecule has 2 atom stereocenters. The third kappa shape index (κ3) is 4.47. The van der Waals surface area contributed by atoms with Gasteiger partial charge in [-0.25, -0.2) is 0 Å². The lowest BCUT2D eigenvalue weighted by Gasteiger charge is -2.38. The van der Waals surface area contributed by atoms with Crippen LogP contribution in [-0.2, 0) is 4.79 Å². The molecule has 3 aromatic rings. The van der Waals surface area contributed by atoms with Crippen LogP contribution in [0.3, 0.4) is 0 Å². The number of piperazine rings is 1. The van der Waals surface area contributed by atoms with Gasteiger partial charge in [0, 0.05) is 50.9 Å². The highest BCUT2D eigenvalue weighted by Gasteiger charge is 2.42. The van der Waals surface area contributed by atoms with Gasteiger partial charge >= 0.3 is 0 Å². The maximum atomic E-state index is 13.8. The summed E-state index contributed by atoms with van der Waals surface area (Å²) >= 11 is 1.46. The molecule has 0 radical (unpaired) electrons. The quantitative estimate of drug-likeness (QED) is 0.558. The minimum absolute atomic E-state index is 0.0198. The number of rotatable bonds is 4. The Bertz CT molecular complexity index is 1150. The van der Waals surface area contributed by atoms with Crippen LogP contribution in [0.1, 0.15) is 32.3 Å². The average molecular weight is 474 g/mol. The number of aryl methyl sites for hydroxylation is 2. The zero-order valence-electron chi connectivity index (χ0n) is 19.8. The van der Waals surface area contributed by atoms with Gasteiger partial charge in [0.15, 0.2) is 0 Å². The Morgan fingerprint density at radius 1 is 0.824 bits per heavy atom. The molecule has 0 spiro atoms. The third-order valence-corrected chi connectivity index (χ3v) is 8.07. The van der Waals surface area contributed by atoms with Crippen LogP contribution >= 0.6 is 11.3 Å². The molecule has 2 saturated heterocycles. The largest absolute Gasteiger partial charge is 0.368 e. The zero-order chi connectivity index (χ0) is 23.7. The molecular formula is C28H31N3O2S. The van der Waals surface area contributed by atoms with Gasteiger partial charge in [-0.2, -0.15) is 0 Å². The van der Waals surface area contributed by atoms with Crippen LogP contribution in [0.2, 0.25) is 0 Å². The maximum absolute atomic E-state index is 13.8. The minimum Gasteiger partial charge on any atom is -0.368 e. The molecule has 0 aliphatic carbocycles. The van der Waals surface area contributed by atoms with E-state index < -0.39 is 0 Å². The second-order valence-corrected chi connectivity index (χ2v) is 10.4. The number of hydrogen-bond acceptors (Lipinski definition) is 4. The van der Waals surface area contributed by atoms with Gasteiger partial charge in [0.25, 0.3) is 5.91 Å². The van der Waals surface area contributed by atoms with Crippen molar-refractivity contribution < 1.29 is 9.59 Å². The van der Waals surface area contributed by atoms with Crippen LogP contribution in [0.4, 0.5) is 5.69 Å². The molecule has 2 fully saturated rings. The summed E-state index contributed by atoms with van der Waals surface area (Å²) < 4.78 is 0. The summed E-state index contributed by atoms with van der Waals surface area (Å²) in [6.07, 6.45) is 0. The molecule has 6 heteroatoms. The highest BCUT2D eigenvalue weighted by atomic mass is 32.1. The Morgan fingerprint density at radius 2 is 1.56 bits per heavy atom. The van der Waals surface area contributed by atoms with Crippen molar-refractivity contribution in [3.8, 4) is 0 Å². The first-order chi connectivity index (χ1) is 16.5. The molecular weight excluding hydrogens is 442 g/mol. The molecule has 3 heterocycles. The fourth-order valence-electron chi connectivity index (χ4n) is 5.25. The molecule has 2 aliphatic heterocycles. The van der Waals surface area contributed by atoms with Crippen molar-refractivity contribution >= 4 is 28.8 Å². The van der Waals surface area contributed by atoms with E-state index >= 15 is 0 Å². The lowest BCUT2D eigenvalue weighted by Crippen LogP contribution is -2.51. The first kappa shape index (κ1) is 22.7. The van der Waals surface area contributed by atoms with Gasteiger partial charge in [0.1, 0.15) is 0 Å². The molecule has 0 N–H and O–H groups in total. The van der Waals surface area contributed by atoms with Crippen LogP contribution in [0.5, 0.6) is 0 Å². The van der Waals surface area contributed by atoms with Crippen LogP contribution in [0, 0.1) is 19.8 Å². The monoisotopic (exact) mass is 473 g/mol. The summed E-state index contributed by atoms with van der Waals surface area (Å²) in [5.74, 6) is 0.0197. The summed E-state index contributed by atoms with van der Waals surface area (Å²) in [5, 5.41) is 1.93. The van der Waals surface area contributed by atoms with Crippen LogP contribution in [-0.4, -0.2) is 60.9 Å². The number of likely N-dealkylation sites (tertiary alicyclic amines) is 1. The Hall–Kier alpha value is -3.12. The Labute approximate surface area is 205 Å². The standard InChI is InChI=1S/C28H31N3O2S/c1-20-9-11-22(12-10-20)23-18-31(28(33)26-8-5-17-34-26)19-24(23)27(32)30-15-13-29(14-16-30)25-7-4-3-6-21(25)2/h3-12,17,23-24H,13-16,18-19H2,1-2H3. The first-order valence-electron chi connectivity index (χ1n) is 12.0. The lowest BCUT2D eigenvalue weighted by molar-refractivity contribution is -0.135. The van der Waals surface area contributed by atoms with Crippen molar-refractivity contribution in [3.05, 3.63) is 87.6 Å². The Kier molecular flexibility index (Phi) is 6.42. The highest BCUT2D eigenvalue weighted by molar-refractivity contribution is 7.12. The predicted molar refractivity (Wildman–Crippen MR) is 138 cm³/mol. The van der Waals surface area contributed by atoms with Gasteiger partial charge in [0.2, 0.25) is 5.91 Å². The predicted octanol–water partition coefficient (Wildman–Crippen LogP) is 4.57. The lowest BCUT2D eigenvalue weighted by atomic mass is 9.87. The van der Waals surface area contributed by atoms with Gasteiger partial charge in [-0.1, -0.05) is 54.1 Å². The van der Waals surface area contributed by atoms with E-state index in [9.17, 15) is 9.59 Å². The topological polar surface area (TPSA) is 43.9 Å². The van der Waals surface area contributed by atoms with Gasteiger partial charge < -0.3 is 14.7 Å². The molecule has 176 valence electrons. The molecule has 2 unspecified atom stereocenters. The molecule has 5 rings (SSSR count). The van der Waals surface area contributed by atoms with Gasteiger partial charge in [-0.05, 0) is 42.5 Å². The molecule has 34 heavy (non-hydrogen) atoms. The van der Waals surface area contributed by atoms with E-state index in [0.717, 1.165) is 23.5 Å². The second kappa shape index (κ2) is 9.63. The van der Waals surface area contributed by atoms with Crippen LogP contribution in [0.15, 0.2) is 66.0 Å². The number of carbonyl (C=O) groups is 2. The summed E-state index contributed by atoms with van der Waals surface area (Å²) in [7, 11) is 0. The average Bonchev–Trinajstić information content (AvgIpc) is 3.55. The maximum Gasteiger partial charge on any atom is 0.263 e. The fraction of sp³-hybridized carbons (Fsp3) is 0.357. The van der Waals surface area contributed by atoms with Crippen molar-refractivity contribution in [2.75, 3.05) is 44.2 Å². The summed E-state index contributed by atoms with van der Waals surface area (Å²) in [6.45, 7) is 8.35. The third-order valence-electron chi connectivity index (χ3n) is 7.21. The number of thiophene rings is 1. The van der Waals surface area contributed by atoms with Crippen LogP contribution < -0.4 is 4.90 Å². The van der Waals surface area contributed by atoms with E-state index in [1.54, 1.807) is 0 Å². The molecule has 2 amide bonds. The highest BCUT2D eigenvalue weighted by Crippen LogP contribution is 2.36. The van der Waals surface area contributed by atoms with Crippen molar-refractivity contribution in [1.29, 1.82) is 0 Å². The summed E-state index contributed by atoms with van der Waals surface area (Å²) in [6, 6.07) is 20.6. The van der Waals surface area contributed by atoms with E-state index in [2.05, 4.69) is 67.3 Å². The second-order valence-electron chi connectivity index (χ2n) is 9.41. The normalized spacial score (nSPS) is 20.6. The molecule has 0 saturated carbocycles. The van der Waals surface area contributed by atoms with E-state index in [-0.39, 0.29) is 23.7 Å². The van der Waals surface area contributed by atoms with E-state index in [0.29, 0.717) is 26.2 Å². The Morgan fingerprint density at radius 3 is 2.24 bits per heavy atom. The minimum atomic E-state index is -0.211. The summed E-state index contributed by atoms with van der Waals surface area (Å²) in [5.41, 5.74) is 4.85. The number of hydrogen-bond donors (Lipinski definition) is 0. The van der Waals surface area contributed by atoms with Crippen molar-refractivity contribution in [2.24, 2.45) is 5.92 Å². The fourth-order valence-corrected chi connectivity index (χ4v) is 5.94. The number of amides is 2. The van der Waals surface area contributed by atoms with Gasteiger partial charge in [-0.3, -0.25) is 9.59 Å². The molecule has 5 nitrogen and oxygen atoms in total. The number of benzene rings is 2. The zero-order valence-corrected chi connectivity index (χ0v) is 20.6. The van der Waals surface area contributed by atoms with Gasteiger partial charge in [-0.15, -0.1) is 11.3 Å². The van der Waals surface area contributed by atoms with E-state index in [4.69, 9.17) is 0 Å². The van der Waals surface area contributed by atoms with Crippen molar-refractivity contribution in [3.63, 3.8) is 0 Å².